The van der Waals surface area contributed by atoms with Gasteiger partial charge in [-0.1, -0.05) is 0 Å². The first kappa shape index (κ1) is 9.96. The predicted octanol–water partition coefficient (Wildman–Crippen LogP) is 0.0526. The quantitative estimate of drug-likeness (QED) is 0.631. The third-order valence-electron chi connectivity index (χ3n) is 2.43. The summed E-state index contributed by atoms with van der Waals surface area (Å²) < 4.78 is 0. The van der Waals surface area contributed by atoms with Gasteiger partial charge >= 0.3 is 0 Å². The van der Waals surface area contributed by atoms with E-state index in [1.165, 1.54) is 0 Å². The minimum Gasteiger partial charge on any atom is -0.389 e. The topological polar surface area (TPSA) is 35.5 Å². The van der Waals surface area contributed by atoms with Crippen molar-refractivity contribution in [2.24, 2.45) is 0 Å². The summed E-state index contributed by atoms with van der Waals surface area (Å²) in [7, 11) is 1.96. The van der Waals surface area contributed by atoms with Gasteiger partial charge in [-0.25, -0.2) is 0 Å². The lowest BCUT2D eigenvalue weighted by atomic mass is 9.95. The molecule has 12 heavy (non-hydrogen) atoms. The number of hydrogen-bond donors (Lipinski definition) is 2. The van der Waals surface area contributed by atoms with Gasteiger partial charge in [-0.05, 0) is 33.4 Å². The van der Waals surface area contributed by atoms with Gasteiger partial charge in [-0.3, -0.25) is 4.90 Å². The molecule has 0 saturated carbocycles. The minimum atomic E-state index is -0.452. The summed E-state index contributed by atoms with van der Waals surface area (Å²) in [6, 6.07) is 0. The highest BCUT2D eigenvalue weighted by Gasteiger charge is 2.27. The molecule has 0 aliphatic carbocycles. The number of piperidine rings is 1. The van der Waals surface area contributed by atoms with Crippen LogP contribution in [0.1, 0.15) is 19.8 Å². The molecule has 1 aliphatic heterocycles. The summed E-state index contributed by atoms with van der Waals surface area (Å²) in [6.45, 7) is 5.95. The highest BCUT2D eigenvalue weighted by molar-refractivity contribution is 4.82. The van der Waals surface area contributed by atoms with Crippen LogP contribution in [0.15, 0.2) is 0 Å². The molecule has 0 radical (unpaired) electrons. The number of β-amino-alcohol motifs (C(OH)–C–C–N with tert-alkyl or cyclic N) is 1. The van der Waals surface area contributed by atoms with Crippen LogP contribution in [0, 0.1) is 0 Å². The number of nitrogens with zero attached hydrogens (tertiary/aromatic N) is 1. The van der Waals surface area contributed by atoms with E-state index in [2.05, 4.69) is 10.2 Å². The molecule has 0 bridgehead atoms. The first-order valence-electron chi connectivity index (χ1n) is 4.73. The zero-order valence-electron chi connectivity index (χ0n) is 8.14. The second-order valence-electron chi connectivity index (χ2n) is 3.98. The van der Waals surface area contributed by atoms with Crippen LogP contribution in [0.4, 0.5) is 0 Å². The van der Waals surface area contributed by atoms with E-state index < -0.39 is 5.60 Å². The average Bonchev–Trinajstić information content (AvgIpc) is 1.99. The molecule has 1 atom stereocenters. The third-order valence-corrected chi connectivity index (χ3v) is 2.43. The summed E-state index contributed by atoms with van der Waals surface area (Å²) in [5.74, 6) is 0. The van der Waals surface area contributed by atoms with E-state index in [-0.39, 0.29) is 0 Å². The normalized spacial score (nSPS) is 32.2. The Morgan fingerprint density at radius 3 is 2.92 bits per heavy atom. The molecule has 3 heteroatoms. The van der Waals surface area contributed by atoms with Crippen molar-refractivity contribution < 1.29 is 5.11 Å². The van der Waals surface area contributed by atoms with Crippen LogP contribution in [0.2, 0.25) is 0 Å². The fourth-order valence-corrected chi connectivity index (χ4v) is 1.78. The van der Waals surface area contributed by atoms with Crippen LogP contribution in [0.3, 0.4) is 0 Å². The molecule has 3 nitrogen and oxygen atoms in total. The molecule has 1 heterocycles. The van der Waals surface area contributed by atoms with E-state index >= 15 is 0 Å². The molecule has 0 spiro atoms. The van der Waals surface area contributed by atoms with Crippen LogP contribution in [0.25, 0.3) is 0 Å². The maximum Gasteiger partial charge on any atom is 0.0746 e. The van der Waals surface area contributed by atoms with E-state index in [4.69, 9.17) is 0 Å². The van der Waals surface area contributed by atoms with Crippen molar-refractivity contribution >= 4 is 0 Å². The van der Waals surface area contributed by atoms with E-state index in [1.807, 2.05) is 14.0 Å². The van der Waals surface area contributed by atoms with Gasteiger partial charge in [-0.2, -0.15) is 0 Å². The van der Waals surface area contributed by atoms with Crippen LogP contribution < -0.4 is 5.32 Å². The molecule has 1 unspecified atom stereocenters. The monoisotopic (exact) mass is 172 g/mol. The van der Waals surface area contributed by atoms with Gasteiger partial charge in [0.25, 0.3) is 0 Å². The van der Waals surface area contributed by atoms with Crippen LogP contribution in [-0.4, -0.2) is 48.8 Å². The van der Waals surface area contributed by atoms with Gasteiger partial charge in [-0.15, -0.1) is 0 Å². The minimum absolute atomic E-state index is 0.452. The lowest BCUT2D eigenvalue weighted by Crippen LogP contribution is -2.47. The summed E-state index contributed by atoms with van der Waals surface area (Å²) in [6.07, 6.45) is 2.07. The first-order chi connectivity index (χ1) is 5.64. The van der Waals surface area contributed by atoms with Crippen molar-refractivity contribution in [3.05, 3.63) is 0 Å². The maximum atomic E-state index is 9.78. The van der Waals surface area contributed by atoms with Gasteiger partial charge in [0.15, 0.2) is 0 Å². The molecular formula is C9H20N2O. The third kappa shape index (κ3) is 3.09. The molecule has 0 amide bonds. The molecule has 72 valence electrons. The van der Waals surface area contributed by atoms with Gasteiger partial charge in [0.2, 0.25) is 0 Å². The highest BCUT2D eigenvalue weighted by atomic mass is 16.3. The largest absolute Gasteiger partial charge is 0.389 e. The molecule has 0 aromatic heterocycles. The van der Waals surface area contributed by atoms with E-state index in [0.29, 0.717) is 0 Å². The van der Waals surface area contributed by atoms with Gasteiger partial charge in [0.05, 0.1) is 5.60 Å². The second kappa shape index (κ2) is 4.21. The predicted molar refractivity (Wildman–Crippen MR) is 50.2 cm³/mol. The molecule has 0 aromatic rings. The Balaban J connectivity index is 2.26. The van der Waals surface area contributed by atoms with Crippen LogP contribution in [-0.2, 0) is 0 Å². The SMILES string of the molecule is CNCCN1CCCC(C)(O)C1. The Morgan fingerprint density at radius 2 is 2.33 bits per heavy atom. The fraction of sp³-hybridized carbons (Fsp3) is 1.00. The van der Waals surface area contributed by atoms with E-state index in [0.717, 1.165) is 39.0 Å². The van der Waals surface area contributed by atoms with Crippen molar-refractivity contribution in [1.29, 1.82) is 0 Å². The molecule has 1 saturated heterocycles. The number of likely N-dealkylation sites (tertiary alicyclic amines) is 1. The number of rotatable bonds is 3. The van der Waals surface area contributed by atoms with Crippen molar-refractivity contribution in [2.45, 2.75) is 25.4 Å². The van der Waals surface area contributed by atoms with Crippen LogP contribution in [0.5, 0.6) is 0 Å². The number of nitrogens with one attached hydrogen (secondary N) is 1. The molecular weight excluding hydrogens is 152 g/mol. The second-order valence-corrected chi connectivity index (χ2v) is 3.98. The summed E-state index contributed by atoms with van der Waals surface area (Å²) in [4.78, 5) is 2.32. The molecule has 0 aromatic carbocycles. The van der Waals surface area contributed by atoms with Crippen molar-refractivity contribution in [3.63, 3.8) is 0 Å². The van der Waals surface area contributed by atoms with Gasteiger partial charge in [0, 0.05) is 19.6 Å². The van der Waals surface area contributed by atoms with Gasteiger partial charge < -0.3 is 10.4 Å². The maximum absolute atomic E-state index is 9.78. The Labute approximate surface area is 74.8 Å². The molecule has 1 fully saturated rings. The van der Waals surface area contributed by atoms with Crippen LogP contribution >= 0.6 is 0 Å². The molecule has 2 N–H and O–H groups in total. The average molecular weight is 172 g/mol. The lowest BCUT2D eigenvalue weighted by Gasteiger charge is -2.36. The smallest absolute Gasteiger partial charge is 0.0746 e. The Hall–Kier alpha value is -0.120. The zero-order valence-corrected chi connectivity index (χ0v) is 8.14. The number of likely N-dealkylation sites (N-methyl/N-ethyl adjacent to an activating group) is 1. The Kier molecular flexibility index (Phi) is 3.50. The lowest BCUT2D eigenvalue weighted by molar-refractivity contribution is -0.0148. The summed E-state index contributed by atoms with van der Waals surface area (Å²) in [5, 5.41) is 12.9. The van der Waals surface area contributed by atoms with Crippen molar-refractivity contribution in [1.82, 2.24) is 10.2 Å². The highest BCUT2D eigenvalue weighted by Crippen LogP contribution is 2.19. The fourth-order valence-electron chi connectivity index (χ4n) is 1.78. The summed E-state index contributed by atoms with van der Waals surface area (Å²) in [5.41, 5.74) is -0.452. The Bertz CT molecular complexity index is 136. The van der Waals surface area contributed by atoms with Gasteiger partial charge in [0.1, 0.15) is 0 Å². The number of aliphatic hydroxyl groups is 1. The molecule has 1 rings (SSSR count). The van der Waals surface area contributed by atoms with E-state index in [1.54, 1.807) is 0 Å². The molecule has 1 aliphatic rings. The Morgan fingerprint density at radius 1 is 1.58 bits per heavy atom. The standard InChI is InChI=1S/C9H20N2O/c1-9(12)4-3-6-11(8-9)7-5-10-2/h10,12H,3-8H2,1-2H3. The summed E-state index contributed by atoms with van der Waals surface area (Å²) >= 11 is 0. The zero-order chi connectivity index (χ0) is 9.03. The van der Waals surface area contributed by atoms with Crippen molar-refractivity contribution in [2.75, 3.05) is 33.2 Å². The number of hydrogen-bond acceptors (Lipinski definition) is 3. The van der Waals surface area contributed by atoms with E-state index in [9.17, 15) is 5.11 Å². The van der Waals surface area contributed by atoms with Crippen molar-refractivity contribution in [3.8, 4) is 0 Å². The first-order valence-corrected chi connectivity index (χ1v) is 4.73.